The Kier molecular flexibility index (Phi) is 40.1. The van der Waals surface area contributed by atoms with E-state index >= 15 is 0 Å². The average Bonchev–Trinajstić information content (AvgIpc) is 3.19. The molecule has 0 aromatic rings. The van der Waals surface area contributed by atoms with Gasteiger partial charge in [0.1, 0.15) is 12.1 Å². The second-order valence-corrected chi connectivity index (χ2v) is 16.3. The number of rotatable bonds is 42. The van der Waals surface area contributed by atoms with Gasteiger partial charge in [-0.05, 0) is 57.8 Å². The van der Waals surface area contributed by atoms with Crippen molar-refractivity contribution in [1.29, 1.82) is 0 Å². The summed E-state index contributed by atoms with van der Waals surface area (Å²) in [7, 11) is -4.62. The van der Waals surface area contributed by atoms with E-state index in [1.54, 1.807) is 0 Å². The number of allylic oxidation sites excluding steroid dienone is 10. The monoisotopic (exact) mass is 824 g/mol. The highest BCUT2D eigenvalue weighted by atomic mass is 31.2. The van der Waals surface area contributed by atoms with Crippen LogP contribution in [0.4, 0.5) is 0 Å². The maximum Gasteiger partial charge on any atom is 0.472 e. The van der Waals surface area contributed by atoms with E-state index in [1.807, 2.05) is 0 Å². The first-order valence-electron chi connectivity index (χ1n) is 22.3. The van der Waals surface area contributed by atoms with Crippen molar-refractivity contribution < 1.29 is 42.7 Å². The van der Waals surface area contributed by atoms with E-state index in [2.05, 4.69) is 74.6 Å². The Morgan fingerprint density at radius 2 is 1.02 bits per heavy atom. The van der Waals surface area contributed by atoms with E-state index in [9.17, 15) is 19.0 Å². The third-order valence-corrected chi connectivity index (χ3v) is 10.3. The van der Waals surface area contributed by atoms with Crippen LogP contribution in [0.25, 0.3) is 0 Å². The lowest BCUT2D eigenvalue weighted by Gasteiger charge is -2.20. The van der Waals surface area contributed by atoms with Crippen LogP contribution in [0.1, 0.15) is 181 Å². The van der Waals surface area contributed by atoms with E-state index in [0.717, 1.165) is 77.0 Å². The second-order valence-electron chi connectivity index (χ2n) is 14.8. The maximum atomic E-state index is 12.6. The van der Waals surface area contributed by atoms with Gasteiger partial charge >= 0.3 is 19.8 Å². The lowest BCUT2D eigenvalue weighted by molar-refractivity contribution is -0.154. The average molecular weight is 824 g/mol. The van der Waals surface area contributed by atoms with Crippen LogP contribution < -0.4 is 5.73 Å². The van der Waals surface area contributed by atoms with Crippen LogP contribution >= 0.6 is 7.82 Å². The van der Waals surface area contributed by atoms with Crippen molar-refractivity contribution in [2.24, 2.45) is 5.73 Å². The topological polar surface area (TPSA) is 155 Å². The van der Waals surface area contributed by atoms with Gasteiger partial charge in [0.05, 0.1) is 19.8 Å². The number of esters is 1. The molecule has 4 N–H and O–H groups in total. The predicted molar refractivity (Wildman–Crippen MR) is 235 cm³/mol. The molecule has 0 aromatic heterocycles. The molecule has 3 unspecified atom stereocenters. The van der Waals surface area contributed by atoms with E-state index in [4.69, 9.17) is 29.4 Å². The number of phosphoric acid groups is 1. The number of nitrogens with two attached hydrogens (primary N) is 1. The standard InChI is InChI=1S/C46H82NO9P/c1-3-5-7-9-11-13-15-16-17-18-19-20-21-22-23-24-25-26-27-29-31-33-35-37-39-53-40-43(41-54-57(51,52)55-42-44(47)46(49)50)56-45(48)38-36-34-32-30-28-14-12-10-8-6-4-2/h5,7,11,13,16-17,19-20,22-23,43-44H,3-4,6,8-10,12,14-15,18,21,24-42,47H2,1-2H3,(H,49,50)(H,51,52)/b7-5-,13-11-,17-16-,20-19-,23-22-. The van der Waals surface area contributed by atoms with Crippen LogP contribution in [0.5, 0.6) is 0 Å². The number of unbranched alkanes of at least 4 members (excludes halogenated alkanes) is 18. The summed E-state index contributed by atoms with van der Waals surface area (Å²) < 4.78 is 33.3. The van der Waals surface area contributed by atoms with Gasteiger partial charge in [-0.2, -0.15) is 0 Å². The third kappa shape index (κ3) is 41.6. The van der Waals surface area contributed by atoms with Gasteiger partial charge in [-0.1, -0.05) is 177 Å². The lowest BCUT2D eigenvalue weighted by atomic mass is 10.1. The van der Waals surface area contributed by atoms with E-state index in [0.29, 0.717) is 13.0 Å². The molecule has 0 fully saturated rings. The van der Waals surface area contributed by atoms with Gasteiger partial charge in [-0.3, -0.25) is 18.6 Å². The maximum absolute atomic E-state index is 12.6. The van der Waals surface area contributed by atoms with Crippen molar-refractivity contribution in [1.82, 2.24) is 0 Å². The van der Waals surface area contributed by atoms with Gasteiger partial charge in [0.25, 0.3) is 0 Å². The fourth-order valence-corrected chi connectivity index (χ4v) is 6.64. The minimum absolute atomic E-state index is 0.0104. The van der Waals surface area contributed by atoms with Gasteiger partial charge in [-0.25, -0.2) is 4.57 Å². The van der Waals surface area contributed by atoms with Crippen LogP contribution in [0, 0.1) is 0 Å². The van der Waals surface area contributed by atoms with Gasteiger partial charge in [0, 0.05) is 13.0 Å². The molecule has 0 amide bonds. The van der Waals surface area contributed by atoms with E-state index in [1.165, 1.54) is 77.0 Å². The minimum Gasteiger partial charge on any atom is -0.480 e. The quantitative estimate of drug-likeness (QED) is 0.0234. The summed E-state index contributed by atoms with van der Waals surface area (Å²) in [6, 6.07) is -1.47. The molecule has 0 aromatic carbocycles. The lowest BCUT2D eigenvalue weighted by Crippen LogP contribution is -2.34. The zero-order valence-electron chi connectivity index (χ0n) is 35.9. The van der Waals surface area contributed by atoms with Crippen LogP contribution in [-0.4, -0.2) is 60.5 Å². The van der Waals surface area contributed by atoms with E-state index < -0.39 is 45.1 Å². The van der Waals surface area contributed by atoms with Crippen molar-refractivity contribution in [2.75, 3.05) is 26.4 Å². The zero-order chi connectivity index (χ0) is 41.9. The molecule has 0 aliphatic heterocycles. The first-order chi connectivity index (χ1) is 27.7. The molecule has 0 aliphatic rings. The predicted octanol–water partition coefficient (Wildman–Crippen LogP) is 12.4. The van der Waals surface area contributed by atoms with Gasteiger partial charge in [0.15, 0.2) is 0 Å². The Bertz CT molecular complexity index is 1140. The summed E-state index contributed by atoms with van der Waals surface area (Å²) in [6.07, 6.45) is 49.9. The molecule has 0 radical (unpaired) electrons. The highest BCUT2D eigenvalue weighted by Crippen LogP contribution is 2.43. The van der Waals surface area contributed by atoms with Gasteiger partial charge in [0.2, 0.25) is 0 Å². The zero-order valence-corrected chi connectivity index (χ0v) is 36.8. The smallest absolute Gasteiger partial charge is 0.472 e. The van der Waals surface area contributed by atoms with Gasteiger partial charge in [-0.15, -0.1) is 0 Å². The molecule has 0 rings (SSSR count). The van der Waals surface area contributed by atoms with Crippen LogP contribution in [0.15, 0.2) is 60.8 Å². The SMILES string of the molecule is CC/C=C\C/C=C\C/C=C\C/C=C\C/C=C\CCCCCCCCCCOCC(COP(=O)(O)OCC(N)C(=O)O)OC(=O)CCCCCCCCCCCCC. The summed E-state index contributed by atoms with van der Waals surface area (Å²) in [6.45, 7) is 3.73. The van der Waals surface area contributed by atoms with Crippen molar-refractivity contribution in [3.05, 3.63) is 60.8 Å². The number of ether oxygens (including phenoxy) is 2. The Morgan fingerprint density at radius 3 is 1.53 bits per heavy atom. The largest absolute Gasteiger partial charge is 0.480 e. The summed E-state index contributed by atoms with van der Waals surface area (Å²) in [5.41, 5.74) is 5.35. The number of carbonyl (C=O) groups is 2. The number of carboxylic acid groups (broad SMARTS) is 1. The number of carboxylic acids is 1. The second kappa shape index (κ2) is 41.8. The molecule has 0 heterocycles. The van der Waals surface area contributed by atoms with Crippen molar-refractivity contribution in [3.8, 4) is 0 Å². The summed E-state index contributed by atoms with van der Waals surface area (Å²) >= 11 is 0. The summed E-state index contributed by atoms with van der Waals surface area (Å²) in [5, 5.41) is 8.89. The van der Waals surface area contributed by atoms with Crippen LogP contribution in [-0.2, 0) is 32.7 Å². The molecule has 10 nitrogen and oxygen atoms in total. The fourth-order valence-electron chi connectivity index (χ4n) is 5.87. The first-order valence-corrected chi connectivity index (χ1v) is 23.8. The minimum atomic E-state index is -4.62. The van der Waals surface area contributed by atoms with Crippen LogP contribution in [0.3, 0.4) is 0 Å². The van der Waals surface area contributed by atoms with Crippen molar-refractivity contribution in [3.63, 3.8) is 0 Å². The molecule has 0 bridgehead atoms. The van der Waals surface area contributed by atoms with E-state index in [-0.39, 0.29) is 13.0 Å². The number of hydrogen-bond donors (Lipinski definition) is 3. The molecule has 0 saturated carbocycles. The normalized spacial score (nSPS) is 14.5. The van der Waals surface area contributed by atoms with Crippen molar-refractivity contribution in [2.45, 2.75) is 193 Å². The molecule has 0 saturated heterocycles. The molecule has 11 heteroatoms. The Labute approximate surface area is 347 Å². The van der Waals surface area contributed by atoms with Crippen molar-refractivity contribution >= 4 is 19.8 Å². The Hall–Kier alpha value is -2.33. The number of hydrogen-bond acceptors (Lipinski definition) is 8. The third-order valence-electron chi connectivity index (χ3n) is 9.31. The number of phosphoric ester groups is 1. The fraction of sp³-hybridized carbons (Fsp3) is 0.739. The highest BCUT2D eigenvalue weighted by molar-refractivity contribution is 7.47. The highest BCUT2D eigenvalue weighted by Gasteiger charge is 2.27. The number of carbonyl (C=O) groups excluding carboxylic acids is 1. The molecular formula is C46H82NO9P. The molecular weight excluding hydrogens is 741 g/mol. The molecule has 330 valence electrons. The number of aliphatic carboxylic acids is 1. The van der Waals surface area contributed by atoms with Crippen LogP contribution in [0.2, 0.25) is 0 Å². The summed E-state index contributed by atoms with van der Waals surface area (Å²) in [4.78, 5) is 33.5. The molecule has 0 spiro atoms. The Balaban J connectivity index is 4.16. The summed E-state index contributed by atoms with van der Waals surface area (Å²) in [5.74, 6) is -1.78. The Morgan fingerprint density at radius 1 is 0.579 bits per heavy atom. The molecule has 3 atom stereocenters. The molecule has 57 heavy (non-hydrogen) atoms. The van der Waals surface area contributed by atoms with Gasteiger partial charge < -0.3 is 25.2 Å². The molecule has 0 aliphatic carbocycles. The first kappa shape index (κ1) is 54.7.